The van der Waals surface area contributed by atoms with Crippen LogP contribution in [0, 0.1) is 11.3 Å². The number of carbonyl (C=O) groups excluding carboxylic acids is 1. The summed E-state index contributed by atoms with van der Waals surface area (Å²) < 4.78 is 27.6. The number of amidine groups is 1. The van der Waals surface area contributed by atoms with Crippen molar-refractivity contribution in [3.63, 3.8) is 0 Å². The van der Waals surface area contributed by atoms with Gasteiger partial charge in [-0.3, -0.25) is 4.79 Å². The van der Waals surface area contributed by atoms with Crippen LogP contribution in [0.15, 0.2) is 52.6 Å². The van der Waals surface area contributed by atoms with Gasteiger partial charge in [0, 0.05) is 19.3 Å². The number of nitriles is 1. The van der Waals surface area contributed by atoms with Gasteiger partial charge >= 0.3 is 0 Å². The maximum atomic E-state index is 13.2. The van der Waals surface area contributed by atoms with Crippen molar-refractivity contribution in [3.8, 4) is 6.07 Å². The van der Waals surface area contributed by atoms with Gasteiger partial charge in [0.2, 0.25) is 0 Å². The Hall–Kier alpha value is -2.92. The van der Waals surface area contributed by atoms with E-state index < -0.39 is 10.0 Å². The molecule has 140 valence electrons. The van der Waals surface area contributed by atoms with Crippen LogP contribution in [0.1, 0.15) is 31.0 Å². The average molecular weight is 384 g/mol. The van der Waals surface area contributed by atoms with E-state index >= 15 is 0 Å². The first-order valence-corrected chi connectivity index (χ1v) is 10.3. The molecule has 1 aromatic carbocycles. The number of allylic oxidation sites excluding steroid dienone is 2. The predicted octanol–water partition coefficient (Wildman–Crippen LogP) is 1.97. The standard InChI is InChI=1S/C19H20N4O3S/c1-3-23(14(2)16-8-6-15(13-20)7-9-16)19(24)17-5-4-10-22-11-12-27(25,26)21-18(17)22/h4-10,14H,3,11-12H2,1-2H3. The molecule has 0 aliphatic carbocycles. The van der Waals surface area contributed by atoms with E-state index in [4.69, 9.17) is 5.26 Å². The number of benzene rings is 1. The van der Waals surface area contributed by atoms with Gasteiger partial charge in [0.15, 0.2) is 5.84 Å². The summed E-state index contributed by atoms with van der Waals surface area (Å²) in [4.78, 5) is 16.6. The third-order valence-electron chi connectivity index (χ3n) is 4.68. The number of hydrogen-bond donors (Lipinski definition) is 0. The van der Waals surface area contributed by atoms with E-state index in [2.05, 4.69) is 10.5 Å². The number of rotatable bonds is 4. The molecule has 2 aliphatic rings. The Bertz CT molecular complexity index is 985. The fraction of sp³-hybridized carbons (Fsp3) is 0.316. The van der Waals surface area contributed by atoms with Crippen molar-refractivity contribution in [1.82, 2.24) is 9.80 Å². The molecule has 2 heterocycles. The van der Waals surface area contributed by atoms with Crippen LogP contribution < -0.4 is 0 Å². The van der Waals surface area contributed by atoms with Gasteiger partial charge in [-0.25, -0.2) is 8.42 Å². The minimum atomic E-state index is -3.56. The molecule has 0 saturated heterocycles. The third-order valence-corrected chi connectivity index (χ3v) is 5.83. The largest absolute Gasteiger partial charge is 0.332 e. The zero-order chi connectivity index (χ0) is 19.6. The van der Waals surface area contributed by atoms with E-state index in [0.717, 1.165) is 5.56 Å². The first-order chi connectivity index (χ1) is 12.9. The maximum Gasteiger partial charge on any atom is 0.258 e. The van der Waals surface area contributed by atoms with Gasteiger partial charge < -0.3 is 9.80 Å². The third kappa shape index (κ3) is 3.78. The first kappa shape index (κ1) is 18.9. The summed E-state index contributed by atoms with van der Waals surface area (Å²) in [5.74, 6) is -0.166. The summed E-state index contributed by atoms with van der Waals surface area (Å²) in [6, 6.07) is 8.91. The highest BCUT2D eigenvalue weighted by Gasteiger charge is 2.33. The van der Waals surface area contributed by atoms with Gasteiger partial charge in [-0.1, -0.05) is 12.1 Å². The second-order valence-corrected chi connectivity index (χ2v) is 8.07. The van der Waals surface area contributed by atoms with Gasteiger partial charge in [0.05, 0.1) is 29.0 Å². The van der Waals surface area contributed by atoms with E-state index in [0.29, 0.717) is 12.1 Å². The fourth-order valence-corrected chi connectivity index (χ4v) is 4.13. The molecule has 7 nitrogen and oxygen atoms in total. The van der Waals surface area contributed by atoms with E-state index in [1.54, 1.807) is 40.3 Å². The Morgan fingerprint density at radius 3 is 2.70 bits per heavy atom. The quantitative estimate of drug-likeness (QED) is 0.791. The molecule has 0 spiro atoms. The van der Waals surface area contributed by atoms with E-state index in [1.165, 1.54) is 0 Å². The molecule has 0 bridgehead atoms. The monoisotopic (exact) mass is 384 g/mol. The minimum absolute atomic E-state index is 0.0680. The second kappa shape index (κ2) is 7.37. The topological polar surface area (TPSA) is 93.8 Å². The molecule has 0 fully saturated rings. The number of carbonyl (C=O) groups is 1. The van der Waals surface area contributed by atoms with Crippen LogP contribution in [0.2, 0.25) is 0 Å². The molecule has 2 aliphatic heterocycles. The van der Waals surface area contributed by atoms with Crippen LogP contribution in [-0.4, -0.2) is 48.8 Å². The van der Waals surface area contributed by atoms with Gasteiger partial charge in [-0.2, -0.15) is 5.26 Å². The number of likely N-dealkylation sites (N-methyl/N-ethyl adjacent to an activating group) is 1. The highest BCUT2D eigenvalue weighted by atomic mass is 32.2. The lowest BCUT2D eigenvalue weighted by Gasteiger charge is -2.33. The first-order valence-electron chi connectivity index (χ1n) is 8.65. The normalized spacial score (nSPS) is 18.6. The number of fused-ring (bicyclic) bond motifs is 1. The number of nitrogens with zero attached hydrogens (tertiary/aromatic N) is 4. The summed E-state index contributed by atoms with van der Waals surface area (Å²) in [5.41, 5.74) is 1.71. The fourth-order valence-electron chi connectivity index (χ4n) is 3.15. The van der Waals surface area contributed by atoms with E-state index in [-0.39, 0.29) is 35.7 Å². The lowest BCUT2D eigenvalue weighted by atomic mass is 10.0. The smallest absolute Gasteiger partial charge is 0.258 e. The highest BCUT2D eigenvalue weighted by molar-refractivity contribution is 7.90. The zero-order valence-corrected chi connectivity index (χ0v) is 16.0. The van der Waals surface area contributed by atoms with Crippen molar-refractivity contribution in [1.29, 1.82) is 5.26 Å². The molecule has 0 N–H and O–H groups in total. The molecule has 8 heteroatoms. The van der Waals surface area contributed by atoms with Crippen LogP contribution in [-0.2, 0) is 14.8 Å². The Labute approximate surface area is 159 Å². The number of amides is 1. The SMILES string of the molecule is CCN(C(=O)C1=CC=CN2CCS(=O)(=O)N=C12)C(C)c1ccc(C#N)cc1. The van der Waals surface area contributed by atoms with Crippen molar-refractivity contribution < 1.29 is 13.2 Å². The molecule has 1 amide bonds. The summed E-state index contributed by atoms with van der Waals surface area (Å²) in [6.45, 7) is 4.49. The van der Waals surface area contributed by atoms with Crippen LogP contribution >= 0.6 is 0 Å². The average Bonchev–Trinajstić information content (AvgIpc) is 2.67. The van der Waals surface area contributed by atoms with Gasteiger partial charge in [0.1, 0.15) is 0 Å². The zero-order valence-electron chi connectivity index (χ0n) is 15.2. The van der Waals surface area contributed by atoms with Crippen molar-refractivity contribution in [3.05, 3.63) is 59.3 Å². The summed E-state index contributed by atoms with van der Waals surface area (Å²) in [7, 11) is -3.56. The van der Waals surface area contributed by atoms with Gasteiger partial charge in [-0.05, 0) is 43.7 Å². The number of hydrogen-bond acceptors (Lipinski definition) is 5. The van der Waals surface area contributed by atoms with Gasteiger partial charge in [0.25, 0.3) is 15.9 Å². The van der Waals surface area contributed by atoms with E-state index in [1.807, 2.05) is 26.0 Å². The Morgan fingerprint density at radius 1 is 1.37 bits per heavy atom. The molecule has 1 aromatic rings. The van der Waals surface area contributed by atoms with E-state index in [9.17, 15) is 13.2 Å². The molecule has 0 aromatic heterocycles. The van der Waals surface area contributed by atoms with Crippen LogP contribution in [0.5, 0.6) is 0 Å². The van der Waals surface area contributed by atoms with Crippen molar-refractivity contribution in [2.45, 2.75) is 19.9 Å². The lowest BCUT2D eigenvalue weighted by Crippen LogP contribution is -2.44. The molecular weight excluding hydrogens is 364 g/mol. The Morgan fingerprint density at radius 2 is 2.07 bits per heavy atom. The molecule has 27 heavy (non-hydrogen) atoms. The van der Waals surface area contributed by atoms with Crippen LogP contribution in [0.3, 0.4) is 0 Å². The second-order valence-electron chi connectivity index (χ2n) is 6.32. The van der Waals surface area contributed by atoms with Crippen molar-refractivity contribution in [2.24, 2.45) is 4.40 Å². The molecule has 0 radical (unpaired) electrons. The molecular formula is C19H20N4O3S. The molecule has 3 rings (SSSR count). The Kier molecular flexibility index (Phi) is 5.15. The molecule has 0 saturated carbocycles. The summed E-state index contributed by atoms with van der Waals surface area (Å²) in [6.07, 6.45) is 5.06. The lowest BCUT2D eigenvalue weighted by molar-refractivity contribution is -0.128. The van der Waals surface area contributed by atoms with Crippen molar-refractivity contribution in [2.75, 3.05) is 18.8 Å². The number of sulfonamides is 1. The summed E-state index contributed by atoms with van der Waals surface area (Å²) >= 11 is 0. The maximum absolute atomic E-state index is 13.2. The van der Waals surface area contributed by atoms with Gasteiger partial charge in [-0.15, -0.1) is 4.40 Å². The Balaban J connectivity index is 1.92. The minimum Gasteiger partial charge on any atom is -0.332 e. The predicted molar refractivity (Wildman–Crippen MR) is 102 cm³/mol. The van der Waals surface area contributed by atoms with Crippen LogP contribution in [0.4, 0.5) is 0 Å². The molecule has 1 unspecified atom stereocenters. The van der Waals surface area contributed by atoms with Crippen LogP contribution in [0.25, 0.3) is 0 Å². The van der Waals surface area contributed by atoms with Crippen molar-refractivity contribution >= 4 is 21.8 Å². The summed E-state index contributed by atoms with van der Waals surface area (Å²) in [5, 5.41) is 8.94. The highest BCUT2D eigenvalue weighted by Crippen LogP contribution is 2.25. The molecule has 1 atom stereocenters.